The average molecular weight is 570 g/mol. The summed E-state index contributed by atoms with van der Waals surface area (Å²) in [4.78, 5) is 24.0. The van der Waals surface area contributed by atoms with Gasteiger partial charge in [0.15, 0.2) is 5.78 Å². The Balaban J connectivity index is 1.78. The van der Waals surface area contributed by atoms with Gasteiger partial charge in [-0.15, -0.1) is 0 Å². The highest BCUT2D eigenvalue weighted by atomic mass is 79.9. The second kappa shape index (κ2) is 10.2. The van der Waals surface area contributed by atoms with Crippen molar-refractivity contribution in [2.45, 2.75) is 24.9 Å². The first-order valence-electron chi connectivity index (χ1n) is 9.47. The van der Waals surface area contributed by atoms with Crippen molar-refractivity contribution in [2.24, 2.45) is 5.92 Å². The molecule has 170 valence electrons. The SMILES string of the molecule is O=C(CNC(=O)C1CC1)c1ccc(/C=C/C(c2cc(Cl)c(Cl)c(Cl)c2)C(F)(F)F)cc1Br. The van der Waals surface area contributed by atoms with Gasteiger partial charge in [-0.25, -0.2) is 0 Å². The van der Waals surface area contributed by atoms with E-state index in [4.69, 9.17) is 34.8 Å². The van der Waals surface area contributed by atoms with E-state index in [-0.39, 0.29) is 44.8 Å². The topological polar surface area (TPSA) is 46.2 Å². The molecule has 3 nitrogen and oxygen atoms in total. The number of carbonyl (C=O) groups excluding carboxylic acids is 2. The highest BCUT2D eigenvalue weighted by Gasteiger charge is 2.39. The third-order valence-electron chi connectivity index (χ3n) is 4.86. The maximum atomic E-state index is 13.7. The smallest absolute Gasteiger partial charge is 0.348 e. The van der Waals surface area contributed by atoms with Crippen molar-refractivity contribution in [1.29, 1.82) is 0 Å². The molecule has 3 rings (SSSR count). The average Bonchev–Trinajstić information content (AvgIpc) is 3.54. The Bertz CT molecular complexity index is 1060. The van der Waals surface area contributed by atoms with E-state index in [1.165, 1.54) is 24.3 Å². The molecule has 0 spiro atoms. The molecule has 1 unspecified atom stereocenters. The van der Waals surface area contributed by atoms with Crippen LogP contribution in [0, 0.1) is 5.92 Å². The lowest BCUT2D eigenvalue weighted by atomic mass is 9.97. The number of hydrogen-bond acceptors (Lipinski definition) is 2. The van der Waals surface area contributed by atoms with Crippen LogP contribution in [0.1, 0.15) is 40.2 Å². The molecule has 0 saturated heterocycles. The first-order valence-corrected chi connectivity index (χ1v) is 11.4. The van der Waals surface area contributed by atoms with Crippen LogP contribution in [-0.4, -0.2) is 24.4 Å². The molecular formula is C22H16BrCl3F3NO2. The fraction of sp³-hybridized carbons (Fsp3) is 0.273. The number of nitrogens with one attached hydrogen (secondary N) is 1. The number of ketones is 1. The summed E-state index contributed by atoms with van der Waals surface area (Å²) in [6, 6.07) is 6.81. The number of amides is 1. The van der Waals surface area contributed by atoms with Gasteiger partial charge >= 0.3 is 6.18 Å². The predicted molar refractivity (Wildman–Crippen MR) is 124 cm³/mol. The third-order valence-corrected chi connectivity index (χ3v) is 6.72. The zero-order chi connectivity index (χ0) is 23.6. The lowest BCUT2D eigenvalue weighted by molar-refractivity contribution is -0.139. The number of allylic oxidation sites excluding steroid dienone is 1. The number of Topliss-reactive ketones (excluding diaryl/α,β-unsaturated/α-hetero) is 1. The standard InChI is InChI=1S/C22H16BrCl3F3NO2/c23-16-7-11(1-5-14(16)19(31)10-30-21(32)12-3-4-12)2-6-15(22(27,28)29)13-8-17(24)20(26)18(25)9-13/h1-2,5-9,12,15H,3-4,10H2,(H,30,32)/b6-2+. The summed E-state index contributed by atoms with van der Waals surface area (Å²) in [5, 5.41) is 2.43. The van der Waals surface area contributed by atoms with Gasteiger partial charge in [0.05, 0.1) is 27.5 Å². The van der Waals surface area contributed by atoms with Crippen LogP contribution < -0.4 is 5.32 Å². The molecule has 1 aliphatic rings. The molecule has 1 saturated carbocycles. The van der Waals surface area contributed by atoms with Gasteiger partial charge in [-0.05, 0) is 48.2 Å². The van der Waals surface area contributed by atoms with E-state index < -0.39 is 12.1 Å². The fourth-order valence-electron chi connectivity index (χ4n) is 2.98. The summed E-state index contributed by atoms with van der Waals surface area (Å²) < 4.78 is 41.4. The van der Waals surface area contributed by atoms with Crippen molar-refractivity contribution in [3.8, 4) is 0 Å². The summed E-state index contributed by atoms with van der Waals surface area (Å²) in [6.07, 6.45) is -0.655. The monoisotopic (exact) mass is 567 g/mol. The quantitative estimate of drug-likeness (QED) is 0.278. The molecule has 1 N–H and O–H groups in total. The van der Waals surface area contributed by atoms with E-state index in [2.05, 4.69) is 21.2 Å². The summed E-state index contributed by atoms with van der Waals surface area (Å²) in [5.74, 6) is -2.42. The molecule has 1 atom stereocenters. The highest BCUT2D eigenvalue weighted by molar-refractivity contribution is 9.10. The first kappa shape index (κ1) is 25.1. The molecule has 0 heterocycles. The van der Waals surface area contributed by atoms with Gasteiger partial charge in [0.25, 0.3) is 0 Å². The molecule has 1 amide bonds. The molecule has 10 heteroatoms. The van der Waals surface area contributed by atoms with Crippen LogP contribution in [0.3, 0.4) is 0 Å². The number of rotatable bonds is 7. The van der Waals surface area contributed by atoms with Gasteiger partial charge in [-0.1, -0.05) is 69.0 Å². The molecule has 32 heavy (non-hydrogen) atoms. The first-order chi connectivity index (χ1) is 15.0. The lowest BCUT2D eigenvalue weighted by Crippen LogP contribution is -2.30. The number of hydrogen-bond donors (Lipinski definition) is 1. The van der Waals surface area contributed by atoms with Crippen molar-refractivity contribution in [3.63, 3.8) is 0 Å². The van der Waals surface area contributed by atoms with E-state index in [1.54, 1.807) is 0 Å². The van der Waals surface area contributed by atoms with Crippen molar-refractivity contribution in [2.75, 3.05) is 6.54 Å². The van der Waals surface area contributed by atoms with E-state index in [1.807, 2.05) is 0 Å². The van der Waals surface area contributed by atoms with Gasteiger partial charge in [-0.3, -0.25) is 9.59 Å². The van der Waals surface area contributed by atoms with Crippen molar-refractivity contribution >= 4 is 68.5 Å². The fourth-order valence-corrected chi connectivity index (χ4v) is 4.22. The normalized spacial score (nSPS) is 15.1. The van der Waals surface area contributed by atoms with Crippen molar-refractivity contribution in [3.05, 3.63) is 72.6 Å². The van der Waals surface area contributed by atoms with Crippen LogP contribution in [-0.2, 0) is 4.79 Å². The molecule has 1 fully saturated rings. The number of carbonyl (C=O) groups is 2. The van der Waals surface area contributed by atoms with Crippen LogP contribution in [0.25, 0.3) is 6.08 Å². The summed E-state index contributed by atoms with van der Waals surface area (Å²) in [7, 11) is 0. The second-order valence-electron chi connectivity index (χ2n) is 7.33. The van der Waals surface area contributed by atoms with Crippen molar-refractivity contribution in [1.82, 2.24) is 5.32 Å². The van der Waals surface area contributed by atoms with Gasteiger partial charge in [-0.2, -0.15) is 13.2 Å². The van der Waals surface area contributed by atoms with Crippen LogP contribution in [0.4, 0.5) is 13.2 Å². The highest BCUT2D eigenvalue weighted by Crippen LogP contribution is 2.41. The van der Waals surface area contributed by atoms with Gasteiger partial charge < -0.3 is 5.32 Å². The third kappa shape index (κ3) is 6.28. The van der Waals surface area contributed by atoms with Gasteiger partial charge in [0.2, 0.25) is 5.91 Å². The molecule has 0 radical (unpaired) electrons. The molecule has 1 aliphatic carbocycles. The van der Waals surface area contributed by atoms with E-state index in [0.29, 0.717) is 15.6 Å². The van der Waals surface area contributed by atoms with E-state index in [0.717, 1.165) is 31.1 Å². The Morgan fingerprint density at radius 2 is 1.75 bits per heavy atom. The Hall–Kier alpha value is -1.54. The van der Waals surface area contributed by atoms with Crippen LogP contribution in [0.15, 0.2) is 40.9 Å². The Morgan fingerprint density at radius 1 is 1.12 bits per heavy atom. The summed E-state index contributed by atoms with van der Waals surface area (Å²) in [5.41, 5.74) is 0.614. The van der Waals surface area contributed by atoms with E-state index in [9.17, 15) is 22.8 Å². The van der Waals surface area contributed by atoms with Gasteiger partial charge in [0, 0.05) is 16.0 Å². The minimum absolute atomic E-state index is 0.00858. The minimum Gasteiger partial charge on any atom is -0.348 e. The molecule has 0 aromatic heterocycles. The maximum Gasteiger partial charge on any atom is 0.399 e. The predicted octanol–water partition coefficient (Wildman–Crippen LogP) is 7.48. The molecular weight excluding hydrogens is 554 g/mol. The van der Waals surface area contributed by atoms with Crippen LogP contribution in [0.2, 0.25) is 15.1 Å². The summed E-state index contributed by atoms with van der Waals surface area (Å²) in [6.45, 7) is -0.142. The van der Waals surface area contributed by atoms with Crippen LogP contribution in [0.5, 0.6) is 0 Å². The molecule has 2 aromatic carbocycles. The zero-order valence-corrected chi connectivity index (χ0v) is 20.1. The molecule has 2 aromatic rings. The second-order valence-corrected chi connectivity index (χ2v) is 9.38. The largest absolute Gasteiger partial charge is 0.399 e. The maximum absolute atomic E-state index is 13.7. The van der Waals surface area contributed by atoms with Gasteiger partial charge in [0.1, 0.15) is 0 Å². The Morgan fingerprint density at radius 3 is 2.28 bits per heavy atom. The number of benzene rings is 2. The summed E-state index contributed by atoms with van der Waals surface area (Å²) >= 11 is 20.9. The van der Waals surface area contributed by atoms with Crippen molar-refractivity contribution < 1.29 is 22.8 Å². The molecule has 0 bridgehead atoms. The van der Waals surface area contributed by atoms with Crippen LogP contribution >= 0.6 is 50.7 Å². The minimum atomic E-state index is -4.59. The zero-order valence-electron chi connectivity index (χ0n) is 16.3. The molecule has 0 aliphatic heterocycles. The number of alkyl halides is 3. The number of halogens is 7. The van der Waals surface area contributed by atoms with E-state index >= 15 is 0 Å². The Labute approximate surface area is 206 Å². The Kier molecular flexibility index (Phi) is 7.97. The lowest BCUT2D eigenvalue weighted by Gasteiger charge is -2.18.